The summed E-state index contributed by atoms with van der Waals surface area (Å²) in [6, 6.07) is 11.3. The van der Waals surface area contributed by atoms with Crippen LogP contribution in [-0.4, -0.2) is 11.6 Å². The van der Waals surface area contributed by atoms with Gasteiger partial charge in [0.15, 0.2) is 11.6 Å². The summed E-state index contributed by atoms with van der Waals surface area (Å²) in [7, 11) is 0. The van der Waals surface area contributed by atoms with Crippen molar-refractivity contribution in [1.29, 1.82) is 0 Å². The van der Waals surface area contributed by atoms with E-state index in [4.69, 9.17) is 0 Å². The van der Waals surface area contributed by atoms with E-state index in [1.54, 1.807) is 24.3 Å². The van der Waals surface area contributed by atoms with Crippen LogP contribution in [0.4, 0.5) is 0 Å². The molecule has 0 amide bonds. The van der Waals surface area contributed by atoms with Gasteiger partial charge in [-0.15, -0.1) is 5.76 Å². The van der Waals surface area contributed by atoms with E-state index in [0.29, 0.717) is 36.0 Å². The Kier molecular flexibility index (Phi) is 7.44. The summed E-state index contributed by atoms with van der Waals surface area (Å²) >= 11 is 0. The molecule has 0 aromatic heterocycles. The normalized spacial score (nSPS) is 19.2. The molecule has 0 spiro atoms. The zero-order valence-electron chi connectivity index (χ0n) is 20.2. The van der Waals surface area contributed by atoms with E-state index in [-0.39, 0.29) is 79.5 Å². The molecular weight excluding hydrogens is 423 g/mol. The smallest absolute Gasteiger partial charge is 0.875 e. The molecule has 0 N–H and O–H groups in total. The Bertz CT molecular complexity index is 1100. The average Bonchev–Trinajstić information content (AvgIpc) is 2.71. The van der Waals surface area contributed by atoms with Crippen LogP contribution in [0.3, 0.4) is 0 Å². The van der Waals surface area contributed by atoms with E-state index in [9.17, 15) is 14.7 Å². The molecule has 4 heteroatoms. The second-order valence-electron chi connectivity index (χ2n) is 10.5. The number of hydrogen-bond donors (Lipinski definition) is 0. The van der Waals surface area contributed by atoms with Crippen LogP contribution in [0.1, 0.15) is 98.0 Å². The number of fused-ring (bicyclic) bond motifs is 1. The van der Waals surface area contributed by atoms with Crippen molar-refractivity contribution in [2.45, 2.75) is 77.6 Å². The van der Waals surface area contributed by atoms with E-state index < -0.39 is 0 Å². The maximum atomic E-state index is 13.4. The van der Waals surface area contributed by atoms with Crippen LogP contribution in [0.2, 0.25) is 0 Å². The molecule has 0 saturated carbocycles. The summed E-state index contributed by atoms with van der Waals surface area (Å²) in [6.45, 7) is 11.1. The molecule has 0 aliphatic heterocycles. The predicted octanol–water partition coefficient (Wildman–Crippen LogP) is 2.40. The molecule has 0 radical (unpaired) electrons. The van der Waals surface area contributed by atoms with Crippen LogP contribution in [0.25, 0.3) is 5.57 Å². The van der Waals surface area contributed by atoms with Gasteiger partial charge in [0, 0.05) is 23.1 Å². The molecule has 2 aliphatic rings. The van der Waals surface area contributed by atoms with Gasteiger partial charge in [0.2, 0.25) is 0 Å². The van der Waals surface area contributed by atoms with E-state index in [1.807, 2.05) is 6.92 Å². The Morgan fingerprint density at radius 2 is 1.47 bits per heavy atom. The van der Waals surface area contributed by atoms with Crippen LogP contribution >= 0.6 is 0 Å². The molecule has 2 aliphatic carbocycles. The number of carbonyl (C=O) groups excluding carboxylic acids is 2. The summed E-state index contributed by atoms with van der Waals surface area (Å²) in [5, 5.41) is 12.2. The fourth-order valence-electron chi connectivity index (χ4n) is 5.05. The summed E-state index contributed by atoms with van der Waals surface area (Å²) in [5.41, 5.74) is 5.97. The number of carbonyl (C=O) groups is 2. The monoisotopic (exact) mass is 454 g/mol. The van der Waals surface area contributed by atoms with E-state index in [0.717, 1.165) is 24.0 Å². The molecule has 4 rings (SSSR count). The Morgan fingerprint density at radius 1 is 0.906 bits per heavy atom. The summed E-state index contributed by atoms with van der Waals surface area (Å²) in [4.78, 5) is 25.6. The van der Waals surface area contributed by atoms with E-state index in [1.165, 1.54) is 11.1 Å². The molecule has 0 unspecified atom stereocenters. The molecule has 0 heterocycles. The fourth-order valence-corrected chi connectivity index (χ4v) is 5.05. The van der Waals surface area contributed by atoms with Crippen molar-refractivity contribution < 1.29 is 66.1 Å². The topological polar surface area (TPSA) is 57.2 Å². The fraction of sp³-hybridized carbons (Fsp3) is 0.429. The third kappa shape index (κ3) is 4.62. The number of allylic oxidation sites excluding steroid dienone is 2. The zero-order valence-corrected chi connectivity index (χ0v) is 23.3. The van der Waals surface area contributed by atoms with E-state index >= 15 is 0 Å². The number of Topliss-reactive ketones (excluding diaryl/α,β-unsaturated/α-hetero) is 1. The second-order valence-corrected chi connectivity index (χ2v) is 10.5. The van der Waals surface area contributed by atoms with Crippen molar-refractivity contribution in [3.63, 3.8) is 0 Å². The van der Waals surface area contributed by atoms with Crippen molar-refractivity contribution in [3.8, 4) is 0 Å². The van der Waals surface area contributed by atoms with Gasteiger partial charge in [-0.05, 0) is 71.8 Å². The zero-order chi connectivity index (χ0) is 22.6. The number of rotatable bonds is 3. The molecule has 0 atom stereocenters. The maximum Gasteiger partial charge on any atom is 1.00 e. The number of benzene rings is 2. The first-order valence-electron chi connectivity index (χ1n) is 11.3. The third-order valence-corrected chi connectivity index (χ3v) is 7.24. The van der Waals surface area contributed by atoms with Gasteiger partial charge >= 0.3 is 51.4 Å². The van der Waals surface area contributed by atoms with Crippen LogP contribution in [0.5, 0.6) is 0 Å². The molecular formula is C28H31KO3. The van der Waals surface area contributed by atoms with Gasteiger partial charge in [0.1, 0.15) is 0 Å². The minimum atomic E-state index is -0.0919. The van der Waals surface area contributed by atoms with Gasteiger partial charge < -0.3 is 5.11 Å². The van der Waals surface area contributed by atoms with Gasteiger partial charge in [-0.2, -0.15) is 0 Å². The first-order chi connectivity index (χ1) is 14.5. The van der Waals surface area contributed by atoms with Gasteiger partial charge in [0.25, 0.3) is 0 Å². The Hall–Kier alpha value is -1.04. The minimum absolute atomic E-state index is 0. The SMILES string of the molecule is Cc1cc2c(cc1C(=O)c1ccc(C3=C([O-])CCCC3=O)cc1)C(C)(C)CCC2(C)C.[K+]. The molecule has 32 heavy (non-hydrogen) atoms. The Morgan fingerprint density at radius 3 is 2.03 bits per heavy atom. The number of ketones is 2. The first kappa shape index (κ1) is 25.6. The van der Waals surface area contributed by atoms with Crippen molar-refractivity contribution in [2.75, 3.05) is 0 Å². The molecule has 0 saturated heterocycles. The van der Waals surface area contributed by atoms with Crippen LogP contribution in [0.15, 0.2) is 42.2 Å². The quantitative estimate of drug-likeness (QED) is 0.529. The summed E-state index contributed by atoms with van der Waals surface area (Å²) in [6.07, 6.45) is 3.70. The van der Waals surface area contributed by atoms with Gasteiger partial charge in [0.05, 0.1) is 0 Å². The Labute approximate surface area is 234 Å². The van der Waals surface area contributed by atoms with E-state index in [2.05, 4.69) is 39.8 Å². The molecule has 2 aromatic rings. The predicted molar refractivity (Wildman–Crippen MR) is 122 cm³/mol. The molecule has 2 aromatic carbocycles. The second kappa shape index (κ2) is 9.30. The maximum absolute atomic E-state index is 13.4. The van der Waals surface area contributed by atoms with Gasteiger partial charge in [-0.3, -0.25) is 9.59 Å². The third-order valence-electron chi connectivity index (χ3n) is 7.24. The van der Waals surface area contributed by atoms with Crippen molar-refractivity contribution in [3.05, 3.63) is 75.5 Å². The summed E-state index contributed by atoms with van der Waals surface area (Å²) < 4.78 is 0. The molecule has 162 valence electrons. The van der Waals surface area contributed by atoms with Gasteiger partial charge in [-0.1, -0.05) is 58.0 Å². The first-order valence-corrected chi connectivity index (χ1v) is 11.3. The molecule has 3 nitrogen and oxygen atoms in total. The summed E-state index contributed by atoms with van der Waals surface area (Å²) in [5.74, 6) is -0.200. The minimum Gasteiger partial charge on any atom is -0.875 e. The standard InChI is InChI=1S/C28H32O3.K/c1-17-15-21-22(28(4,5)14-13-27(21,2)3)16-20(17)26(31)19-11-9-18(10-12-19)25-23(29)7-6-8-24(25)30;/h9-12,15-16,29H,6-8,13-14H2,1-5H3;/q;+1/p-1. The van der Waals surface area contributed by atoms with Crippen molar-refractivity contribution in [2.24, 2.45) is 0 Å². The van der Waals surface area contributed by atoms with Crippen molar-refractivity contribution in [1.82, 2.24) is 0 Å². The van der Waals surface area contributed by atoms with Gasteiger partial charge in [-0.25, -0.2) is 0 Å². The number of aryl methyl sites for hydroxylation is 1. The average molecular weight is 455 g/mol. The number of hydrogen-bond acceptors (Lipinski definition) is 3. The van der Waals surface area contributed by atoms with Crippen LogP contribution in [-0.2, 0) is 15.6 Å². The largest absolute Gasteiger partial charge is 1.00 e. The Balaban J connectivity index is 0.00000289. The molecule has 0 bridgehead atoms. The molecule has 0 fully saturated rings. The van der Waals surface area contributed by atoms with Crippen LogP contribution < -0.4 is 56.5 Å². The van der Waals surface area contributed by atoms with Crippen molar-refractivity contribution >= 4 is 17.1 Å². The van der Waals surface area contributed by atoms with Crippen LogP contribution in [0, 0.1) is 6.92 Å².